The minimum atomic E-state index is -0.312. The number of nitrogens with one attached hydrogen (secondary N) is 1. The van der Waals surface area contributed by atoms with Gasteiger partial charge >= 0.3 is 0 Å². The monoisotopic (exact) mass is 380 g/mol. The highest BCUT2D eigenvalue weighted by Crippen LogP contribution is 2.38. The molecule has 2 aromatic carbocycles. The third kappa shape index (κ3) is 3.88. The summed E-state index contributed by atoms with van der Waals surface area (Å²) < 4.78 is 11.2. The van der Waals surface area contributed by atoms with Crippen molar-refractivity contribution in [1.29, 1.82) is 0 Å². The lowest BCUT2D eigenvalue weighted by atomic mass is 10.1. The highest BCUT2D eigenvalue weighted by molar-refractivity contribution is 6.32. The number of amides is 1. The number of nitrogens with zero attached hydrogens (tertiary/aromatic N) is 1. The predicted octanol–water partition coefficient (Wildman–Crippen LogP) is 4.82. The van der Waals surface area contributed by atoms with Crippen molar-refractivity contribution in [3.63, 3.8) is 0 Å². The summed E-state index contributed by atoms with van der Waals surface area (Å²) in [6.07, 6.45) is 2.50. The van der Waals surface area contributed by atoms with Crippen LogP contribution in [0.2, 0.25) is 5.02 Å². The Labute approximate surface area is 161 Å². The van der Waals surface area contributed by atoms with Crippen LogP contribution in [0.5, 0.6) is 11.5 Å². The van der Waals surface area contributed by atoms with Crippen LogP contribution in [0.1, 0.15) is 16.8 Å². The van der Waals surface area contributed by atoms with Gasteiger partial charge in [0.15, 0.2) is 11.5 Å². The van der Waals surface area contributed by atoms with Crippen molar-refractivity contribution in [3.8, 4) is 22.6 Å². The molecule has 4 rings (SSSR count). The standard InChI is InChI=1S/C21H17ClN2O3/c22-17-11-16(12-18-20(17)27-10-4-9-26-18)21(25)24-19-8-7-15(13-23-19)14-5-2-1-3-6-14/h1-3,5-8,11-13H,4,9-10H2,(H,23,24,25). The zero-order valence-corrected chi connectivity index (χ0v) is 15.2. The van der Waals surface area contributed by atoms with Gasteiger partial charge in [0.2, 0.25) is 0 Å². The first-order valence-electron chi connectivity index (χ1n) is 8.63. The highest BCUT2D eigenvalue weighted by Gasteiger charge is 2.18. The number of aromatic nitrogens is 1. The van der Waals surface area contributed by atoms with Crippen LogP contribution in [0.25, 0.3) is 11.1 Å². The van der Waals surface area contributed by atoms with Crippen molar-refractivity contribution in [2.45, 2.75) is 6.42 Å². The first kappa shape index (κ1) is 17.4. The van der Waals surface area contributed by atoms with Crippen LogP contribution in [-0.4, -0.2) is 24.1 Å². The van der Waals surface area contributed by atoms with E-state index in [2.05, 4.69) is 10.3 Å². The molecule has 3 aromatic rings. The number of fused-ring (bicyclic) bond motifs is 1. The number of carbonyl (C=O) groups is 1. The van der Waals surface area contributed by atoms with E-state index < -0.39 is 0 Å². The summed E-state index contributed by atoms with van der Waals surface area (Å²) in [4.78, 5) is 16.9. The number of halogens is 1. The van der Waals surface area contributed by atoms with Crippen molar-refractivity contribution in [1.82, 2.24) is 4.98 Å². The lowest BCUT2D eigenvalue weighted by Crippen LogP contribution is -2.13. The number of benzene rings is 2. The first-order valence-corrected chi connectivity index (χ1v) is 9.00. The van der Waals surface area contributed by atoms with Gasteiger partial charge in [-0.05, 0) is 29.8 Å². The summed E-state index contributed by atoms with van der Waals surface area (Å²) in [5.74, 6) is 1.11. The molecule has 0 radical (unpaired) electrons. The fourth-order valence-electron chi connectivity index (χ4n) is 2.82. The molecule has 2 heterocycles. The number of ether oxygens (including phenoxy) is 2. The molecule has 5 nitrogen and oxygen atoms in total. The van der Waals surface area contributed by atoms with Gasteiger partial charge in [-0.15, -0.1) is 0 Å². The zero-order chi connectivity index (χ0) is 18.6. The Kier molecular flexibility index (Phi) is 4.94. The summed E-state index contributed by atoms with van der Waals surface area (Å²) in [6.45, 7) is 1.06. The molecule has 1 aliphatic rings. The largest absolute Gasteiger partial charge is 0.489 e. The van der Waals surface area contributed by atoms with E-state index in [1.165, 1.54) is 0 Å². The third-order valence-corrected chi connectivity index (χ3v) is 4.46. The first-order chi connectivity index (χ1) is 13.2. The van der Waals surface area contributed by atoms with Gasteiger partial charge in [0.25, 0.3) is 5.91 Å². The molecule has 0 fully saturated rings. The van der Waals surface area contributed by atoms with Crippen LogP contribution >= 0.6 is 11.6 Å². The van der Waals surface area contributed by atoms with Crippen molar-refractivity contribution in [3.05, 3.63) is 71.4 Å². The van der Waals surface area contributed by atoms with E-state index in [9.17, 15) is 4.79 Å². The van der Waals surface area contributed by atoms with E-state index in [0.29, 0.717) is 41.1 Å². The van der Waals surface area contributed by atoms with E-state index in [4.69, 9.17) is 21.1 Å². The van der Waals surface area contributed by atoms with E-state index in [1.807, 2.05) is 36.4 Å². The molecule has 0 atom stereocenters. The fraction of sp³-hybridized carbons (Fsp3) is 0.143. The number of anilines is 1. The number of hydrogen-bond acceptors (Lipinski definition) is 4. The van der Waals surface area contributed by atoms with Crippen LogP contribution in [0, 0.1) is 0 Å². The van der Waals surface area contributed by atoms with Crippen molar-refractivity contribution in [2.75, 3.05) is 18.5 Å². The SMILES string of the molecule is O=C(Nc1ccc(-c2ccccc2)cn1)c1cc(Cl)c2c(c1)OCCCO2. The molecule has 0 aliphatic carbocycles. The Balaban J connectivity index is 1.52. The van der Waals surface area contributed by atoms with Crippen LogP contribution in [0.15, 0.2) is 60.8 Å². The zero-order valence-electron chi connectivity index (χ0n) is 14.4. The summed E-state index contributed by atoms with van der Waals surface area (Å²) in [7, 11) is 0. The molecule has 6 heteroatoms. The molecule has 1 amide bonds. The number of rotatable bonds is 3. The number of hydrogen-bond donors (Lipinski definition) is 1. The van der Waals surface area contributed by atoms with E-state index in [1.54, 1.807) is 24.4 Å². The summed E-state index contributed by atoms with van der Waals surface area (Å²) in [5.41, 5.74) is 2.43. The Hall–Kier alpha value is -3.05. The Morgan fingerprint density at radius 1 is 1.00 bits per heavy atom. The molecule has 1 aliphatic heterocycles. The molecule has 1 N–H and O–H groups in total. The second-order valence-electron chi connectivity index (χ2n) is 6.09. The van der Waals surface area contributed by atoms with Gasteiger partial charge in [-0.1, -0.05) is 41.9 Å². The molecular weight excluding hydrogens is 364 g/mol. The number of carbonyl (C=O) groups excluding carboxylic acids is 1. The average Bonchev–Trinajstić information content (AvgIpc) is 2.95. The topological polar surface area (TPSA) is 60.5 Å². The maximum Gasteiger partial charge on any atom is 0.257 e. The third-order valence-electron chi connectivity index (χ3n) is 4.18. The van der Waals surface area contributed by atoms with Gasteiger partial charge in [-0.2, -0.15) is 0 Å². The molecule has 0 bridgehead atoms. The molecule has 27 heavy (non-hydrogen) atoms. The minimum Gasteiger partial charge on any atom is -0.489 e. The van der Waals surface area contributed by atoms with Crippen molar-refractivity contribution in [2.24, 2.45) is 0 Å². The number of pyridine rings is 1. The van der Waals surface area contributed by atoms with Crippen molar-refractivity contribution < 1.29 is 14.3 Å². The van der Waals surface area contributed by atoms with Gasteiger partial charge in [-0.3, -0.25) is 4.79 Å². The van der Waals surface area contributed by atoms with Gasteiger partial charge in [0, 0.05) is 23.7 Å². The normalized spacial score (nSPS) is 12.9. The smallest absolute Gasteiger partial charge is 0.257 e. The molecule has 1 aromatic heterocycles. The van der Waals surface area contributed by atoms with Gasteiger partial charge < -0.3 is 14.8 Å². The molecule has 0 saturated heterocycles. The molecular formula is C21H17ClN2O3. The Morgan fingerprint density at radius 3 is 2.59 bits per heavy atom. The lowest BCUT2D eigenvalue weighted by molar-refractivity contribution is 0.102. The van der Waals surface area contributed by atoms with Gasteiger partial charge in [0.05, 0.1) is 18.2 Å². The molecule has 136 valence electrons. The van der Waals surface area contributed by atoms with Gasteiger partial charge in [0.1, 0.15) is 5.82 Å². The van der Waals surface area contributed by atoms with Crippen LogP contribution in [0.3, 0.4) is 0 Å². The maximum atomic E-state index is 12.6. The summed E-state index contributed by atoms with van der Waals surface area (Å²) >= 11 is 6.25. The lowest BCUT2D eigenvalue weighted by Gasteiger charge is -2.11. The highest BCUT2D eigenvalue weighted by atomic mass is 35.5. The molecule has 0 spiro atoms. The Morgan fingerprint density at radius 2 is 1.81 bits per heavy atom. The van der Waals surface area contributed by atoms with E-state index in [-0.39, 0.29) is 5.91 Å². The second-order valence-corrected chi connectivity index (χ2v) is 6.50. The van der Waals surface area contributed by atoms with Crippen LogP contribution in [-0.2, 0) is 0 Å². The summed E-state index contributed by atoms with van der Waals surface area (Å²) in [6, 6.07) is 16.8. The van der Waals surface area contributed by atoms with E-state index in [0.717, 1.165) is 17.5 Å². The molecule has 0 unspecified atom stereocenters. The van der Waals surface area contributed by atoms with Crippen molar-refractivity contribution >= 4 is 23.3 Å². The maximum absolute atomic E-state index is 12.6. The Bertz CT molecular complexity index is 959. The second kappa shape index (κ2) is 7.68. The average molecular weight is 381 g/mol. The quantitative estimate of drug-likeness (QED) is 0.708. The van der Waals surface area contributed by atoms with Crippen LogP contribution < -0.4 is 14.8 Å². The fourth-order valence-corrected chi connectivity index (χ4v) is 3.08. The van der Waals surface area contributed by atoms with E-state index >= 15 is 0 Å². The predicted molar refractivity (Wildman–Crippen MR) is 105 cm³/mol. The van der Waals surface area contributed by atoms with Gasteiger partial charge in [-0.25, -0.2) is 4.98 Å². The minimum absolute atomic E-state index is 0.312. The molecule has 0 saturated carbocycles. The van der Waals surface area contributed by atoms with Crippen LogP contribution in [0.4, 0.5) is 5.82 Å². The summed E-state index contributed by atoms with van der Waals surface area (Å²) in [5, 5.41) is 3.14.